The Morgan fingerprint density at radius 2 is 2.31 bits per heavy atom. The molecule has 0 saturated carbocycles. The van der Waals surface area contributed by atoms with Gasteiger partial charge in [-0.25, -0.2) is 0 Å². The molecule has 1 aromatic rings. The highest BCUT2D eigenvalue weighted by Gasteiger charge is 2.05. The maximum absolute atomic E-state index is 11.3. The van der Waals surface area contributed by atoms with Crippen molar-refractivity contribution in [2.45, 2.75) is 13.3 Å². The maximum Gasteiger partial charge on any atom is 0.271 e. The molecular weight excluding hydrogens is 234 g/mol. The van der Waals surface area contributed by atoms with Crippen molar-refractivity contribution in [2.75, 3.05) is 6.54 Å². The highest BCUT2D eigenvalue weighted by Crippen LogP contribution is 2.03. The van der Waals surface area contributed by atoms with Crippen LogP contribution >= 0.6 is 15.9 Å². The van der Waals surface area contributed by atoms with E-state index in [1.807, 2.05) is 6.92 Å². The van der Waals surface area contributed by atoms with Gasteiger partial charge < -0.3 is 5.32 Å². The van der Waals surface area contributed by atoms with Crippen LogP contribution in [0, 0.1) is 0 Å². The number of aromatic nitrogens is 2. The van der Waals surface area contributed by atoms with Gasteiger partial charge in [-0.05, 0) is 34.5 Å². The lowest BCUT2D eigenvalue weighted by Gasteiger charge is -2.00. The highest BCUT2D eigenvalue weighted by molar-refractivity contribution is 9.10. The van der Waals surface area contributed by atoms with Crippen molar-refractivity contribution < 1.29 is 4.79 Å². The Balaban J connectivity index is 2.61. The van der Waals surface area contributed by atoms with Crippen molar-refractivity contribution in [3.63, 3.8) is 0 Å². The number of rotatable bonds is 3. The van der Waals surface area contributed by atoms with Crippen LogP contribution in [0.4, 0.5) is 0 Å². The van der Waals surface area contributed by atoms with Gasteiger partial charge >= 0.3 is 0 Å². The Kier molecular flexibility index (Phi) is 3.82. The molecule has 0 radical (unpaired) electrons. The quantitative estimate of drug-likeness (QED) is 0.873. The number of amides is 1. The number of halogens is 1. The number of hydrogen-bond donors (Lipinski definition) is 1. The lowest BCUT2D eigenvalue weighted by atomic mass is 10.3. The minimum atomic E-state index is -0.179. The summed E-state index contributed by atoms with van der Waals surface area (Å²) in [6, 6.07) is 3.32. The lowest BCUT2D eigenvalue weighted by Crippen LogP contribution is -2.25. The Labute approximate surface area is 84.9 Å². The van der Waals surface area contributed by atoms with Crippen LogP contribution in [0.1, 0.15) is 23.8 Å². The van der Waals surface area contributed by atoms with Gasteiger partial charge in [0.1, 0.15) is 4.60 Å². The summed E-state index contributed by atoms with van der Waals surface area (Å²) in [5, 5.41) is 10.1. The molecule has 0 unspecified atom stereocenters. The predicted molar refractivity (Wildman–Crippen MR) is 52.4 cm³/mol. The third-order valence-corrected chi connectivity index (χ3v) is 1.82. The van der Waals surface area contributed by atoms with Crippen LogP contribution in [0.2, 0.25) is 0 Å². The second kappa shape index (κ2) is 4.91. The first-order valence-electron chi connectivity index (χ1n) is 4.01. The second-order valence-electron chi connectivity index (χ2n) is 2.50. The zero-order valence-corrected chi connectivity index (χ0v) is 8.84. The average molecular weight is 244 g/mol. The molecule has 5 heteroatoms. The largest absolute Gasteiger partial charge is 0.351 e. The summed E-state index contributed by atoms with van der Waals surface area (Å²) in [5.41, 5.74) is 0.344. The Hall–Kier alpha value is -0.970. The molecule has 0 atom stereocenters. The fourth-order valence-electron chi connectivity index (χ4n) is 0.766. The molecule has 1 rings (SSSR count). The molecule has 0 aliphatic rings. The van der Waals surface area contributed by atoms with Crippen LogP contribution in [0.15, 0.2) is 16.7 Å². The van der Waals surface area contributed by atoms with Crippen molar-refractivity contribution >= 4 is 21.8 Å². The van der Waals surface area contributed by atoms with E-state index in [1.54, 1.807) is 12.1 Å². The van der Waals surface area contributed by atoms with Crippen molar-refractivity contribution in [3.05, 3.63) is 22.4 Å². The first kappa shape index (κ1) is 10.1. The van der Waals surface area contributed by atoms with Gasteiger partial charge in [0.05, 0.1) is 0 Å². The number of hydrogen-bond acceptors (Lipinski definition) is 3. The van der Waals surface area contributed by atoms with E-state index < -0.39 is 0 Å². The van der Waals surface area contributed by atoms with E-state index in [0.717, 1.165) is 6.42 Å². The molecule has 0 saturated heterocycles. The number of carbonyl (C=O) groups is 1. The van der Waals surface area contributed by atoms with Gasteiger partial charge in [0.25, 0.3) is 5.91 Å². The molecule has 1 aromatic heterocycles. The second-order valence-corrected chi connectivity index (χ2v) is 3.31. The van der Waals surface area contributed by atoms with Crippen LogP contribution in [-0.2, 0) is 0 Å². The highest BCUT2D eigenvalue weighted by atomic mass is 79.9. The number of nitrogens with zero attached hydrogens (tertiary/aromatic N) is 2. The smallest absolute Gasteiger partial charge is 0.271 e. The van der Waals surface area contributed by atoms with E-state index >= 15 is 0 Å². The first-order valence-corrected chi connectivity index (χ1v) is 4.80. The molecule has 4 nitrogen and oxygen atoms in total. The molecule has 1 amide bonds. The molecule has 0 bridgehead atoms. The van der Waals surface area contributed by atoms with Crippen molar-refractivity contribution in [2.24, 2.45) is 0 Å². The maximum atomic E-state index is 11.3. The van der Waals surface area contributed by atoms with Crippen LogP contribution in [-0.4, -0.2) is 22.6 Å². The predicted octanol–water partition coefficient (Wildman–Crippen LogP) is 1.38. The molecule has 1 heterocycles. The fourth-order valence-corrected chi connectivity index (χ4v) is 0.978. The summed E-state index contributed by atoms with van der Waals surface area (Å²) < 4.78 is 0.625. The molecule has 70 valence electrons. The molecular formula is C8H10BrN3O. The van der Waals surface area contributed by atoms with Gasteiger partial charge in [0.15, 0.2) is 5.69 Å². The van der Waals surface area contributed by atoms with Crippen LogP contribution in [0.3, 0.4) is 0 Å². The third-order valence-electron chi connectivity index (χ3n) is 1.40. The van der Waals surface area contributed by atoms with Gasteiger partial charge in [-0.3, -0.25) is 4.79 Å². The molecule has 1 N–H and O–H groups in total. The van der Waals surface area contributed by atoms with Crippen LogP contribution < -0.4 is 5.32 Å². The van der Waals surface area contributed by atoms with E-state index in [-0.39, 0.29) is 5.91 Å². The Bertz CT molecular complexity index is 286. The first-order chi connectivity index (χ1) is 6.24. The summed E-state index contributed by atoms with van der Waals surface area (Å²) in [5.74, 6) is -0.179. The van der Waals surface area contributed by atoms with E-state index in [2.05, 4.69) is 31.4 Å². The van der Waals surface area contributed by atoms with E-state index in [9.17, 15) is 4.79 Å². The van der Waals surface area contributed by atoms with Crippen molar-refractivity contribution in [3.8, 4) is 0 Å². The van der Waals surface area contributed by atoms with E-state index in [4.69, 9.17) is 0 Å². The summed E-state index contributed by atoms with van der Waals surface area (Å²) in [6.07, 6.45) is 0.912. The summed E-state index contributed by atoms with van der Waals surface area (Å²) >= 11 is 3.14. The molecule has 0 fully saturated rings. The Morgan fingerprint density at radius 3 is 2.85 bits per heavy atom. The molecule has 0 aliphatic heterocycles. The standard InChI is InChI=1S/C8H10BrN3O/c1-2-5-10-8(13)6-3-4-7(9)12-11-6/h3-4H,2,5H2,1H3,(H,10,13). The fraction of sp³-hybridized carbons (Fsp3) is 0.375. The molecule has 13 heavy (non-hydrogen) atoms. The minimum Gasteiger partial charge on any atom is -0.351 e. The molecule has 0 spiro atoms. The third kappa shape index (κ3) is 3.10. The zero-order valence-electron chi connectivity index (χ0n) is 7.25. The monoisotopic (exact) mass is 243 g/mol. The van der Waals surface area contributed by atoms with Gasteiger partial charge in [-0.2, -0.15) is 0 Å². The normalized spacial score (nSPS) is 9.69. The van der Waals surface area contributed by atoms with Gasteiger partial charge in [0, 0.05) is 6.54 Å². The number of carbonyl (C=O) groups excluding carboxylic acids is 1. The summed E-state index contributed by atoms with van der Waals surface area (Å²) in [7, 11) is 0. The summed E-state index contributed by atoms with van der Waals surface area (Å²) in [6.45, 7) is 2.66. The van der Waals surface area contributed by atoms with Gasteiger partial charge in [-0.15, -0.1) is 10.2 Å². The Morgan fingerprint density at radius 1 is 1.54 bits per heavy atom. The molecule has 0 aliphatic carbocycles. The SMILES string of the molecule is CCCNC(=O)c1ccc(Br)nn1. The van der Waals surface area contributed by atoms with Crippen LogP contribution in [0.5, 0.6) is 0 Å². The van der Waals surface area contributed by atoms with Gasteiger partial charge in [-0.1, -0.05) is 6.92 Å². The van der Waals surface area contributed by atoms with Crippen LogP contribution in [0.25, 0.3) is 0 Å². The van der Waals surface area contributed by atoms with Crippen molar-refractivity contribution in [1.82, 2.24) is 15.5 Å². The minimum absolute atomic E-state index is 0.179. The lowest BCUT2D eigenvalue weighted by molar-refractivity contribution is 0.0947. The van der Waals surface area contributed by atoms with Gasteiger partial charge in [0.2, 0.25) is 0 Å². The zero-order chi connectivity index (χ0) is 9.68. The molecule has 0 aromatic carbocycles. The van der Waals surface area contributed by atoms with E-state index in [1.165, 1.54) is 0 Å². The number of nitrogens with one attached hydrogen (secondary N) is 1. The summed E-state index contributed by atoms with van der Waals surface area (Å²) in [4.78, 5) is 11.3. The van der Waals surface area contributed by atoms with E-state index in [0.29, 0.717) is 16.8 Å². The topological polar surface area (TPSA) is 54.9 Å². The van der Waals surface area contributed by atoms with Crippen molar-refractivity contribution in [1.29, 1.82) is 0 Å². The average Bonchev–Trinajstić information content (AvgIpc) is 2.15.